The van der Waals surface area contributed by atoms with Crippen LogP contribution in [0.3, 0.4) is 0 Å². The Morgan fingerprint density at radius 3 is 2.90 bits per heavy atom. The zero-order valence-electron chi connectivity index (χ0n) is 11.3. The maximum absolute atomic E-state index is 12.6. The zero-order valence-corrected chi connectivity index (χ0v) is 12.1. The van der Waals surface area contributed by atoms with Crippen molar-refractivity contribution in [1.82, 2.24) is 19.8 Å². The van der Waals surface area contributed by atoms with Gasteiger partial charge in [-0.05, 0) is 25.7 Å². The van der Waals surface area contributed by atoms with Crippen LogP contribution in [-0.2, 0) is 14.8 Å². The lowest BCUT2D eigenvalue weighted by atomic mass is 9.86. The third-order valence-corrected chi connectivity index (χ3v) is 6.17. The summed E-state index contributed by atoms with van der Waals surface area (Å²) in [5, 5.41) is 9.41. The molecule has 3 heterocycles. The molecule has 2 unspecified atom stereocenters. The number of carbonyl (C=O) groups is 1. The van der Waals surface area contributed by atoms with Gasteiger partial charge < -0.3 is 5.32 Å². The van der Waals surface area contributed by atoms with Crippen LogP contribution < -0.4 is 5.32 Å². The molecule has 2 atom stereocenters. The van der Waals surface area contributed by atoms with Crippen LogP contribution in [0.25, 0.3) is 0 Å². The van der Waals surface area contributed by atoms with E-state index in [4.69, 9.17) is 0 Å². The first-order valence-corrected chi connectivity index (χ1v) is 8.22. The highest BCUT2D eigenvalue weighted by Gasteiger charge is 2.38. The predicted octanol–water partition coefficient (Wildman–Crippen LogP) is 0.00732. The number of nitrogens with one attached hydrogen (secondary N) is 2. The molecular weight excluding hydrogens is 280 g/mol. The highest BCUT2D eigenvalue weighted by atomic mass is 32.2. The highest BCUT2D eigenvalue weighted by Crippen LogP contribution is 2.29. The summed E-state index contributed by atoms with van der Waals surface area (Å²) in [6.07, 6.45) is 3.28. The Kier molecular flexibility index (Phi) is 3.29. The van der Waals surface area contributed by atoms with Gasteiger partial charge in [-0.2, -0.15) is 9.40 Å². The van der Waals surface area contributed by atoms with Crippen LogP contribution >= 0.6 is 0 Å². The Balaban J connectivity index is 1.80. The van der Waals surface area contributed by atoms with Gasteiger partial charge in [0.25, 0.3) is 0 Å². The first-order valence-electron chi connectivity index (χ1n) is 6.78. The molecule has 3 rings (SSSR count). The maximum Gasteiger partial charge on any atom is 0.246 e. The monoisotopic (exact) mass is 298 g/mol. The normalized spacial score (nSPS) is 27.9. The van der Waals surface area contributed by atoms with Gasteiger partial charge in [0.1, 0.15) is 4.90 Å². The van der Waals surface area contributed by atoms with Gasteiger partial charge in [-0.1, -0.05) is 0 Å². The minimum Gasteiger partial charge on any atom is -0.353 e. The number of hydrogen-bond acceptors (Lipinski definition) is 4. The number of aromatic amines is 1. The van der Waals surface area contributed by atoms with Crippen molar-refractivity contribution in [2.45, 2.75) is 37.1 Å². The molecule has 0 bridgehead atoms. The summed E-state index contributed by atoms with van der Waals surface area (Å²) in [7, 11) is -3.49. The van der Waals surface area contributed by atoms with E-state index in [-0.39, 0.29) is 22.8 Å². The molecule has 1 aromatic rings. The van der Waals surface area contributed by atoms with Crippen LogP contribution in [0.2, 0.25) is 0 Å². The molecule has 20 heavy (non-hydrogen) atoms. The Bertz CT molecular complexity index is 624. The topological polar surface area (TPSA) is 95.2 Å². The molecule has 110 valence electrons. The average Bonchev–Trinajstić information content (AvgIpc) is 2.85. The molecule has 7 nitrogen and oxygen atoms in total. The van der Waals surface area contributed by atoms with Crippen molar-refractivity contribution in [2.24, 2.45) is 5.92 Å². The molecule has 1 aromatic heterocycles. The second-order valence-electron chi connectivity index (χ2n) is 5.48. The molecule has 2 saturated heterocycles. The molecule has 0 spiro atoms. The van der Waals surface area contributed by atoms with Gasteiger partial charge in [-0.3, -0.25) is 9.89 Å². The van der Waals surface area contributed by atoms with Crippen LogP contribution in [0.1, 0.15) is 25.0 Å². The van der Waals surface area contributed by atoms with Gasteiger partial charge in [0, 0.05) is 25.6 Å². The quantitative estimate of drug-likeness (QED) is 0.804. The zero-order chi connectivity index (χ0) is 14.3. The fourth-order valence-electron chi connectivity index (χ4n) is 3.03. The lowest BCUT2D eigenvalue weighted by molar-refractivity contribution is -0.124. The fourth-order valence-corrected chi connectivity index (χ4v) is 4.66. The molecule has 0 aliphatic carbocycles. The SMILES string of the molecule is Cc1[nH]ncc1S(=O)(=O)N1CCC2NC(=O)CCC2C1. The number of aryl methyl sites for hydroxylation is 1. The summed E-state index contributed by atoms with van der Waals surface area (Å²) < 4.78 is 26.7. The van der Waals surface area contributed by atoms with Crippen molar-refractivity contribution in [3.63, 3.8) is 0 Å². The summed E-state index contributed by atoms with van der Waals surface area (Å²) in [4.78, 5) is 11.6. The van der Waals surface area contributed by atoms with Crippen molar-refractivity contribution in [2.75, 3.05) is 13.1 Å². The molecule has 2 N–H and O–H groups in total. The van der Waals surface area contributed by atoms with E-state index in [0.29, 0.717) is 31.6 Å². The number of fused-ring (bicyclic) bond motifs is 1. The van der Waals surface area contributed by atoms with E-state index in [2.05, 4.69) is 15.5 Å². The van der Waals surface area contributed by atoms with E-state index in [1.165, 1.54) is 10.5 Å². The van der Waals surface area contributed by atoms with Gasteiger partial charge in [0.2, 0.25) is 15.9 Å². The second kappa shape index (κ2) is 4.85. The van der Waals surface area contributed by atoms with E-state index in [1.54, 1.807) is 6.92 Å². The first-order chi connectivity index (χ1) is 9.48. The fraction of sp³-hybridized carbons (Fsp3) is 0.667. The third-order valence-electron chi connectivity index (χ3n) is 4.19. The Morgan fingerprint density at radius 2 is 2.20 bits per heavy atom. The van der Waals surface area contributed by atoms with Gasteiger partial charge >= 0.3 is 0 Å². The number of amides is 1. The van der Waals surface area contributed by atoms with Crippen molar-refractivity contribution in [3.05, 3.63) is 11.9 Å². The lowest BCUT2D eigenvalue weighted by Crippen LogP contribution is -2.55. The molecule has 0 saturated carbocycles. The largest absolute Gasteiger partial charge is 0.353 e. The van der Waals surface area contributed by atoms with Crippen LogP contribution in [0.4, 0.5) is 0 Å². The van der Waals surface area contributed by atoms with Gasteiger partial charge in [-0.15, -0.1) is 0 Å². The lowest BCUT2D eigenvalue weighted by Gasteiger charge is -2.40. The molecule has 2 fully saturated rings. The van der Waals surface area contributed by atoms with Crippen LogP contribution in [-0.4, -0.2) is 48.0 Å². The summed E-state index contributed by atoms with van der Waals surface area (Å²) in [6.45, 7) is 2.61. The number of sulfonamides is 1. The molecule has 2 aliphatic heterocycles. The van der Waals surface area contributed by atoms with E-state index in [1.807, 2.05) is 0 Å². The first kappa shape index (κ1) is 13.6. The Morgan fingerprint density at radius 1 is 1.40 bits per heavy atom. The predicted molar refractivity (Wildman–Crippen MR) is 71.4 cm³/mol. The van der Waals surface area contributed by atoms with Crippen LogP contribution in [0, 0.1) is 12.8 Å². The number of hydrogen-bond donors (Lipinski definition) is 2. The van der Waals surface area contributed by atoms with Gasteiger partial charge in [-0.25, -0.2) is 8.42 Å². The number of aromatic nitrogens is 2. The van der Waals surface area contributed by atoms with Gasteiger partial charge in [0.15, 0.2) is 0 Å². The number of nitrogens with zero attached hydrogens (tertiary/aromatic N) is 2. The number of rotatable bonds is 2. The number of carbonyl (C=O) groups excluding carboxylic acids is 1. The minimum absolute atomic E-state index is 0.0771. The molecule has 0 radical (unpaired) electrons. The van der Waals surface area contributed by atoms with Gasteiger partial charge in [0.05, 0.1) is 11.9 Å². The van der Waals surface area contributed by atoms with Crippen LogP contribution in [0.5, 0.6) is 0 Å². The number of piperidine rings is 2. The second-order valence-corrected chi connectivity index (χ2v) is 7.39. The van der Waals surface area contributed by atoms with E-state index in [0.717, 1.165) is 6.42 Å². The Hall–Kier alpha value is -1.41. The van der Waals surface area contributed by atoms with Crippen molar-refractivity contribution in [1.29, 1.82) is 0 Å². The molecular formula is C12H18N4O3S. The minimum atomic E-state index is -3.49. The molecule has 0 aromatic carbocycles. The van der Waals surface area contributed by atoms with Crippen molar-refractivity contribution in [3.8, 4) is 0 Å². The summed E-state index contributed by atoms with van der Waals surface area (Å²) in [5.74, 6) is 0.289. The molecule has 2 aliphatic rings. The van der Waals surface area contributed by atoms with E-state index in [9.17, 15) is 13.2 Å². The third kappa shape index (κ3) is 2.22. The number of H-pyrrole nitrogens is 1. The summed E-state index contributed by atoms with van der Waals surface area (Å²) >= 11 is 0. The maximum atomic E-state index is 12.6. The molecule has 8 heteroatoms. The smallest absolute Gasteiger partial charge is 0.246 e. The van der Waals surface area contributed by atoms with Crippen molar-refractivity contribution >= 4 is 15.9 Å². The van der Waals surface area contributed by atoms with E-state index < -0.39 is 10.0 Å². The summed E-state index contributed by atoms with van der Waals surface area (Å²) in [5.41, 5.74) is 0.559. The average molecular weight is 298 g/mol. The van der Waals surface area contributed by atoms with E-state index >= 15 is 0 Å². The molecule has 1 amide bonds. The van der Waals surface area contributed by atoms with Crippen molar-refractivity contribution < 1.29 is 13.2 Å². The standard InChI is InChI=1S/C12H18N4O3S/c1-8-11(6-13-15-8)20(18,19)16-5-4-10-9(7-16)2-3-12(17)14-10/h6,9-10H,2-5,7H2,1H3,(H,13,15)(H,14,17). The van der Waals surface area contributed by atoms with Crippen LogP contribution in [0.15, 0.2) is 11.1 Å². The summed E-state index contributed by atoms with van der Waals surface area (Å²) in [6, 6.07) is 0.119. The highest BCUT2D eigenvalue weighted by molar-refractivity contribution is 7.89. The Labute approximate surface area is 117 Å².